The third kappa shape index (κ3) is 2.90. The molecular formula is C12H10BrClN2O3. The minimum atomic E-state index is -0.624. The molecule has 0 spiro atoms. The first-order valence-corrected chi connectivity index (χ1v) is 6.59. The molecule has 0 aliphatic carbocycles. The van der Waals surface area contributed by atoms with E-state index in [0.717, 1.165) is 4.47 Å². The molecule has 19 heavy (non-hydrogen) atoms. The average molecular weight is 346 g/mol. The van der Waals surface area contributed by atoms with Crippen molar-refractivity contribution in [2.24, 2.45) is 0 Å². The smallest absolute Gasteiger partial charge is 0.362 e. The molecule has 5 nitrogen and oxygen atoms in total. The van der Waals surface area contributed by atoms with Crippen LogP contribution in [0.3, 0.4) is 0 Å². The van der Waals surface area contributed by atoms with Gasteiger partial charge in [0.1, 0.15) is 0 Å². The average Bonchev–Trinajstić information content (AvgIpc) is 2.74. The van der Waals surface area contributed by atoms with Gasteiger partial charge in [-0.15, -0.1) is 0 Å². The Morgan fingerprint density at radius 1 is 1.58 bits per heavy atom. The summed E-state index contributed by atoms with van der Waals surface area (Å²) >= 11 is 9.38. The number of nitrogens with zero attached hydrogens (tertiary/aromatic N) is 1. The maximum atomic E-state index is 11.6. The molecule has 1 heterocycles. The molecule has 0 amide bonds. The third-order valence-electron chi connectivity index (χ3n) is 2.28. The Morgan fingerprint density at radius 2 is 2.32 bits per heavy atom. The second-order valence-corrected chi connectivity index (χ2v) is 4.90. The van der Waals surface area contributed by atoms with Crippen molar-refractivity contribution in [3.8, 4) is 11.5 Å². The van der Waals surface area contributed by atoms with Gasteiger partial charge >= 0.3 is 5.97 Å². The third-order valence-corrected chi connectivity index (χ3v) is 3.10. The Kier molecular flexibility index (Phi) is 4.11. The van der Waals surface area contributed by atoms with E-state index in [4.69, 9.17) is 26.5 Å². The minimum Gasteiger partial charge on any atom is -0.461 e. The number of esters is 1. The molecule has 2 rings (SSSR count). The fraction of sp³-hybridized carbons (Fsp3) is 0.167. The lowest BCUT2D eigenvalue weighted by atomic mass is 10.2. The first-order valence-electron chi connectivity index (χ1n) is 5.41. The summed E-state index contributed by atoms with van der Waals surface area (Å²) < 4.78 is 10.9. The molecule has 2 N–H and O–H groups in total. The van der Waals surface area contributed by atoms with E-state index in [9.17, 15) is 4.79 Å². The number of nitrogen functional groups attached to an aromatic ring is 1. The molecule has 0 fully saturated rings. The van der Waals surface area contributed by atoms with Crippen LogP contribution in [0.25, 0.3) is 11.5 Å². The predicted molar refractivity (Wildman–Crippen MR) is 75.0 cm³/mol. The van der Waals surface area contributed by atoms with Crippen molar-refractivity contribution in [3.63, 3.8) is 0 Å². The van der Waals surface area contributed by atoms with Gasteiger partial charge in [-0.2, -0.15) is 4.98 Å². The molecule has 1 aromatic heterocycles. The molecule has 0 saturated carbocycles. The van der Waals surface area contributed by atoms with Gasteiger partial charge in [0.2, 0.25) is 17.5 Å². The number of carbonyl (C=O) groups is 1. The molecule has 0 bridgehead atoms. The van der Waals surface area contributed by atoms with Crippen LogP contribution in [0.5, 0.6) is 0 Å². The SMILES string of the molecule is CCOC(=O)c1nc(-c2cc(Br)ccc2Cl)oc1N. The zero-order chi connectivity index (χ0) is 14.0. The Hall–Kier alpha value is -1.53. The summed E-state index contributed by atoms with van der Waals surface area (Å²) in [7, 11) is 0. The summed E-state index contributed by atoms with van der Waals surface area (Å²) in [5, 5.41) is 0.444. The lowest BCUT2D eigenvalue weighted by Crippen LogP contribution is -2.07. The number of oxazole rings is 1. The molecule has 0 atom stereocenters. The number of hydrogen-bond donors (Lipinski definition) is 1. The first kappa shape index (κ1) is 13.9. The number of rotatable bonds is 3. The number of benzene rings is 1. The van der Waals surface area contributed by atoms with Gasteiger partial charge in [-0.05, 0) is 25.1 Å². The van der Waals surface area contributed by atoms with Gasteiger partial charge in [-0.25, -0.2) is 4.79 Å². The van der Waals surface area contributed by atoms with Crippen LogP contribution in [0.2, 0.25) is 5.02 Å². The normalized spacial score (nSPS) is 10.5. The molecule has 1 aromatic carbocycles. The Balaban J connectivity index is 2.44. The van der Waals surface area contributed by atoms with E-state index >= 15 is 0 Å². The largest absolute Gasteiger partial charge is 0.461 e. The van der Waals surface area contributed by atoms with Gasteiger partial charge in [-0.1, -0.05) is 27.5 Å². The van der Waals surface area contributed by atoms with E-state index in [2.05, 4.69) is 20.9 Å². The van der Waals surface area contributed by atoms with Crippen LogP contribution in [0.4, 0.5) is 5.88 Å². The summed E-state index contributed by atoms with van der Waals surface area (Å²) in [5.41, 5.74) is 6.11. The zero-order valence-electron chi connectivity index (χ0n) is 9.94. The van der Waals surface area contributed by atoms with Crippen LogP contribution in [0, 0.1) is 0 Å². The lowest BCUT2D eigenvalue weighted by molar-refractivity contribution is 0.0521. The van der Waals surface area contributed by atoms with Gasteiger partial charge in [-0.3, -0.25) is 0 Å². The number of anilines is 1. The monoisotopic (exact) mass is 344 g/mol. The minimum absolute atomic E-state index is 0.0482. The summed E-state index contributed by atoms with van der Waals surface area (Å²) in [5.74, 6) is -0.544. The van der Waals surface area contributed by atoms with E-state index in [1.54, 1.807) is 25.1 Å². The molecule has 0 aliphatic heterocycles. The molecule has 100 valence electrons. The van der Waals surface area contributed by atoms with Crippen LogP contribution in [0.1, 0.15) is 17.4 Å². The fourth-order valence-electron chi connectivity index (χ4n) is 1.45. The van der Waals surface area contributed by atoms with Crippen molar-refractivity contribution in [3.05, 3.63) is 33.4 Å². The zero-order valence-corrected chi connectivity index (χ0v) is 12.3. The Labute approximate surface area is 122 Å². The molecule has 0 radical (unpaired) electrons. The van der Waals surface area contributed by atoms with Crippen molar-refractivity contribution in [2.45, 2.75) is 6.92 Å². The van der Waals surface area contributed by atoms with Crippen molar-refractivity contribution in [1.82, 2.24) is 4.98 Å². The molecule has 0 unspecified atom stereocenters. The summed E-state index contributed by atoms with van der Waals surface area (Å²) in [6, 6.07) is 5.19. The van der Waals surface area contributed by atoms with Crippen LogP contribution < -0.4 is 5.73 Å². The predicted octanol–water partition coefficient (Wildman–Crippen LogP) is 3.52. The topological polar surface area (TPSA) is 78.3 Å². The second kappa shape index (κ2) is 5.63. The molecule has 0 aliphatic rings. The Morgan fingerprint density at radius 3 is 3.00 bits per heavy atom. The number of hydrogen-bond acceptors (Lipinski definition) is 5. The highest BCUT2D eigenvalue weighted by molar-refractivity contribution is 9.10. The van der Waals surface area contributed by atoms with Crippen molar-refractivity contribution in [1.29, 1.82) is 0 Å². The van der Waals surface area contributed by atoms with Gasteiger partial charge in [0.05, 0.1) is 17.2 Å². The van der Waals surface area contributed by atoms with Crippen LogP contribution in [0.15, 0.2) is 27.1 Å². The van der Waals surface area contributed by atoms with Crippen molar-refractivity contribution < 1.29 is 13.9 Å². The molecule has 7 heteroatoms. The van der Waals surface area contributed by atoms with Gasteiger partial charge < -0.3 is 14.9 Å². The number of aromatic nitrogens is 1. The van der Waals surface area contributed by atoms with Crippen LogP contribution in [-0.2, 0) is 4.74 Å². The first-order chi connectivity index (χ1) is 9.02. The molecular weight excluding hydrogens is 336 g/mol. The lowest BCUT2D eigenvalue weighted by Gasteiger charge is -1.99. The number of ether oxygens (including phenoxy) is 1. The van der Waals surface area contributed by atoms with Gasteiger partial charge in [0, 0.05) is 4.47 Å². The molecule has 2 aromatic rings. The van der Waals surface area contributed by atoms with Crippen molar-refractivity contribution in [2.75, 3.05) is 12.3 Å². The van der Waals surface area contributed by atoms with E-state index in [0.29, 0.717) is 10.6 Å². The number of carbonyl (C=O) groups excluding carboxylic acids is 1. The van der Waals surface area contributed by atoms with E-state index in [1.165, 1.54) is 0 Å². The maximum Gasteiger partial charge on any atom is 0.362 e. The molecule has 0 saturated heterocycles. The van der Waals surface area contributed by atoms with Gasteiger partial charge in [0.15, 0.2) is 0 Å². The second-order valence-electron chi connectivity index (χ2n) is 3.58. The highest BCUT2D eigenvalue weighted by Gasteiger charge is 2.21. The number of nitrogens with two attached hydrogens (primary N) is 1. The van der Waals surface area contributed by atoms with Crippen LogP contribution >= 0.6 is 27.5 Å². The van der Waals surface area contributed by atoms with Crippen molar-refractivity contribution >= 4 is 39.4 Å². The van der Waals surface area contributed by atoms with E-state index in [1.807, 2.05) is 0 Å². The van der Waals surface area contributed by atoms with Gasteiger partial charge in [0.25, 0.3) is 0 Å². The summed E-state index contributed by atoms with van der Waals surface area (Å²) in [6.07, 6.45) is 0. The fourth-order valence-corrected chi connectivity index (χ4v) is 2.01. The highest BCUT2D eigenvalue weighted by Crippen LogP contribution is 2.32. The van der Waals surface area contributed by atoms with E-state index < -0.39 is 5.97 Å². The standard InChI is InChI=1S/C12H10BrClN2O3/c1-2-18-12(17)9-10(15)19-11(16-9)7-5-6(13)3-4-8(7)14/h3-5H,2,15H2,1H3. The quantitative estimate of drug-likeness (QED) is 0.861. The summed E-state index contributed by atoms with van der Waals surface area (Å²) in [6.45, 7) is 1.93. The highest BCUT2D eigenvalue weighted by atomic mass is 79.9. The Bertz CT molecular complexity index is 627. The maximum absolute atomic E-state index is 11.6. The van der Waals surface area contributed by atoms with E-state index in [-0.39, 0.29) is 24.1 Å². The summed E-state index contributed by atoms with van der Waals surface area (Å²) in [4.78, 5) is 15.6. The van der Waals surface area contributed by atoms with Crippen LogP contribution in [-0.4, -0.2) is 17.6 Å². The number of halogens is 2.